The molecule has 2 N–H and O–H groups in total. The lowest BCUT2D eigenvalue weighted by Gasteiger charge is -2.12. The summed E-state index contributed by atoms with van der Waals surface area (Å²) in [6.45, 7) is 1.61. The van der Waals surface area contributed by atoms with Crippen LogP contribution in [0.25, 0.3) is 16.9 Å². The van der Waals surface area contributed by atoms with Gasteiger partial charge in [0, 0.05) is 24.0 Å². The van der Waals surface area contributed by atoms with E-state index in [-0.39, 0.29) is 0 Å². The summed E-state index contributed by atoms with van der Waals surface area (Å²) in [5, 5.41) is 12.4. The van der Waals surface area contributed by atoms with Crippen molar-refractivity contribution in [3.05, 3.63) is 71.9 Å². The molecule has 0 radical (unpaired) electrons. The fraction of sp³-hybridized carbons (Fsp3) is 0.150. The number of nitrogens with zero attached hydrogens (tertiary/aromatic N) is 4. The van der Waals surface area contributed by atoms with Crippen molar-refractivity contribution in [2.45, 2.75) is 13.0 Å². The molecule has 2 aromatic carbocycles. The molecule has 0 fully saturated rings. The van der Waals surface area contributed by atoms with Gasteiger partial charge in [0.2, 0.25) is 0 Å². The summed E-state index contributed by atoms with van der Waals surface area (Å²) in [5.41, 5.74) is 3.36. The first-order valence-corrected chi connectivity index (χ1v) is 8.74. The quantitative estimate of drug-likeness (QED) is 0.595. The SMILES string of the molecule is c1ccc(CNc2nc(-n3ncc4ccccc43)nc3c2CCN3)cc1. The van der Waals surface area contributed by atoms with Crippen LogP contribution in [0.15, 0.2) is 60.8 Å². The molecule has 1 aliphatic heterocycles. The van der Waals surface area contributed by atoms with E-state index in [1.54, 1.807) is 4.68 Å². The molecule has 3 heterocycles. The normalized spacial score (nSPS) is 12.8. The van der Waals surface area contributed by atoms with Crippen LogP contribution in [0.3, 0.4) is 0 Å². The summed E-state index contributed by atoms with van der Waals surface area (Å²) in [5.74, 6) is 2.35. The van der Waals surface area contributed by atoms with E-state index in [1.165, 1.54) is 5.56 Å². The number of para-hydroxylation sites is 1. The summed E-state index contributed by atoms with van der Waals surface area (Å²) in [7, 11) is 0. The maximum Gasteiger partial charge on any atom is 0.255 e. The van der Waals surface area contributed by atoms with Crippen molar-refractivity contribution in [1.82, 2.24) is 19.7 Å². The Morgan fingerprint density at radius 3 is 2.77 bits per heavy atom. The Bertz CT molecular complexity index is 1070. The second kappa shape index (κ2) is 6.15. The van der Waals surface area contributed by atoms with Gasteiger partial charge in [-0.1, -0.05) is 48.5 Å². The first kappa shape index (κ1) is 14.9. The van der Waals surface area contributed by atoms with Crippen molar-refractivity contribution >= 4 is 22.5 Å². The minimum absolute atomic E-state index is 0.579. The monoisotopic (exact) mass is 342 g/mol. The molecule has 4 aromatic rings. The van der Waals surface area contributed by atoms with Gasteiger partial charge in [0.1, 0.15) is 11.6 Å². The van der Waals surface area contributed by atoms with Crippen LogP contribution in [0, 0.1) is 0 Å². The van der Waals surface area contributed by atoms with Crippen molar-refractivity contribution in [3.8, 4) is 5.95 Å². The molecule has 0 aliphatic carbocycles. The summed E-state index contributed by atoms with van der Waals surface area (Å²) in [4.78, 5) is 9.49. The highest BCUT2D eigenvalue weighted by Crippen LogP contribution is 2.28. The summed E-state index contributed by atoms with van der Waals surface area (Å²) in [6, 6.07) is 18.4. The van der Waals surface area contributed by atoms with Gasteiger partial charge >= 0.3 is 0 Å². The van der Waals surface area contributed by atoms with E-state index in [4.69, 9.17) is 9.97 Å². The Labute approximate surface area is 150 Å². The first-order chi connectivity index (χ1) is 12.9. The molecule has 0 saturated carbocycles. The van der Waals surface area contributed by atoms with Gasteiger partial charge < -0.3 is 10.6 Å². The maximum absolute atomic E-state index is 4.79. The zero-order chi connectivity index (χ0) is 17.3. The van der Waals surface area contributed by atoms with Crippen LogP contribution in [-0.2, 0) is 13.0 Å². The van der Waals surface area contributed by atoms with Gasteiger partial charge in [-0.15, -0.1) is 0 Å². The predicted octanol–water partition coefficient (Wildman–Crippen LogP) is 3.40. The first-order valence-electron chi connectivity index (χ1n) is 8.74. The Morgan fingerprint density at radius 2 is 1.85 bits per heavy atom. The van der Waals surface area contributed by atoms with Gasteiger partial charge in [0.15, 0.2) is 0 Å². The van der Waals surface area contributed by atoms with Gasteiger partial charge in [-0.2, -0.15) is 19.7 Å². The third-order valence-electron chi connectivity index (χ3n) is 4.63. The molecule has 5 rings (SSSR count). The van der Waals surface area contributed by atoms with Gasteiger partial charge in [-0.25, -0.2) is 0 Å². The number of hydrogen-bond donors (Lipinski definition) is 2. The Balaban J connectivity index is 1.55. The minimum atomic E-state index is 0.579. The lowest BCUT2D eigenvalue weighted by Crippen LogP contribution is -2.10. The molecule has 0 bridgehead atoms. The number of benzene rings is 2. The molecule has 0 saturated heterocycles. The summed E-state index contributed by atoms with van der Waals surface area (Å²) >= 11 is 0. The van der Waals surface area contributed by atoms with E-state index >= 15 is 0 Å². The van der Waals surface area contributed by atoms with Crippen LogP contribution in [0.2, 0.25) is 0 Å². The molecular formula is C20H18N6. The largest absolute Gasteiger partial charge is 0.369 e. The van der Waals surface area contributed by atoms with Crippen LogP contribution in [0.1, 0.15) is 11.1 Å². The van der Waals surface area contributed by atoms with Crippen molar-refractivity contribution in [3.63, 3.8) is 0 Å². The minimum Gasteiger partial charge on any atom is -0.369 e. The van der Waals surface area contributed by atoms with Gasteiger partial charge in [0.05, 0.1) is 11.7 Å². The van der Waals surface area contributed by atoms with Crippen LogP contribution in [0.4, 0.5) is 11.6 Å². The average molecular weight is 342 g/mol. The molecule has 0 atom stereocenters. The number of aromatic nitrogens is 4. The lowest BCUT2D eigenvalue weighted by molar-refractivity contribution is 0.832. The second-order valence-electron chi connectivity index (χ2n) is 6.33. The lowest BCUT2D eigenvalue weighted by atomic mass is 10.2. The highest BCUT2D eigenvalue weighted by Gasteiger charge is 2.20. The molecule has 0 unspecified atom stereocenters. The van der Waals surface area contributed by atoms with E-state index in [0.717, 1.165) is 47.6 Å². The van der Waals surface area contributed by atoms with Crippen LogP contribution < -0.4 is 10.6 Å². The molecule has 26 heavy (non-hydrogen) atoms. The van der Waals surface area contributed by atoms with Crippen LogP contribution >= 0.6 is 0 Å². The molecule has 128 valence electrons. The van der Waals surface area contributed by atoms with Crippen molar-refractivity contribution in [2.75, 3.05) is 17.2 Å². The number of fused-ring (bicyclic) bond motifs is 2. The smallest absolute Gasteiger partial charge is 0.255 e. The van der Waals surface area contributed by atoms with E-state index in [9.17, 15) is 0 Å². The number of rotatable bonds is 4. The van der Waals surface area contributed by atoms with Gasteiger partial charge in [-0.05, 0) is 18.1 Å². The number of hydrogen-bond acceptors (Lipinski definition) is 5. The standard InChI is InChI=1S/C20H18N6/c1-2-6-14(7-3-1)12-22-19-16-10-11-21-18(16)24-20(25-19)26-17-9-5-4-8-15(17)13-23-26/h1-9,13H,10-12H2,(H2,21,22,24,25). The molecule has 0 spiro atoms. The third kappa shape index (κ3) is 2.56. The predicted molar refractivity (Wildman–Crippen MR) is 103 cm³/mol. The van der Waals surface area contributed by atoms with Crippen LogP contribution in [0.5, 0.6) is 0 Å². The fourth-order valence-corrected chi connectivity index (χ4v) is 3.31. The van der Waals surface area contributed by atoms with Crippen molar-refractivity contribution in [1.29, 1.82) is 0 Å². The van der Waals surface area contributed by atoms with E-state index < -0.39 is 0 Å². The molecule has 2 aromatic heterocycles. The second-order valence-corrected chi connectivity index (χ2v) is 6.33. The molecule has 6 nitrogen and oxygen atoms in total. The molecular weight excluding hydrogens is 324 g/mol. The zero-order valence-electron chi connectivity index (χ0n) is 14.2. The van der Waals surface area contributed by atoms with Gasteiger partial charge in [-0.3, -0.25) is 0 Å². The molecule has 1 aliphatic rings. The highest BCUT2D eigenvalue weighted by molar-refractivity contribution is 5.79. The Hall–Kier alpha value is -3.41. The maximum atomic E-state index is 4.79. The van der Waals surface area contributed by atoms with E-state index in [0.29, 0.717) is 5.95 Å². The summed E-state index contributed by atoms with van der Waals surface area (Å²) < 4.78 is 1.79. The van der Waals surface area contributed by atoms with Crippen molar-refractivity contribution in [2.24, 2.45) is 0 Å². The highest BCUT2D eigenvalue weighted by atomic mass is 15.4. The Morgan fingerprint density at radius 1 is 1.00 bits per heavy atom. The zero-order valence-corrected chi connectivity index (χ0v) is 14.2. The van der Waals surface area contributed by atoms with Gasteiger partial charge in [0.25, 0.3) is 5.95 Å². The topological polar surface area (TPSA) is 67.7 Å². The molecule has 6 heteroatoms. The van der Waals surface area contributed by atoms with Crippen molar-refractivity contribution < 1.29 is 0 Å². The molecule has 0 amide bonds. The van der Waals surface area contributed by atoms with E-state index in [2.05, 4.69) is 27.9 Å². The fourth-order valence-electron chi connectivity index (χ4n) is 3.31. The van der Waals surface area contributed by atoms with E-state index in [1.807, 2.05) is 48.7 Å². The average Bonchev–Trinajstić information content (AvgIpc) is 3.33. The Kier molecular flexibility index (Phi) is 3.52. The third-order valence-corrected chi connectivity index (χ3v) is 4.63. The summed E-state index contributed by atoms with van der Waals surface area (Å²) in [6.07, 6.45) is 2.77. The number of nitrogens with one attached hydrogen (secondary N) is 2. The number of anilines is 2. The van der Waals surface area contributed by atoms with Crippen LogP contribution in [-0.4, -0.2) is 26.3 Å².